The molecule has 3 heteroatoms. The average Bonchev–Trinajstić information content (AvgIpc) is 2.28. The summed E-state index contributed by atoms with van der Waals surface area (Å²) in [6.45, 7) is 8.83. The van der Waals surface area contributed by atoms with Gasteiger partial charge in [-0.25, -0.2) is 0 Å². The molecule has 94 valence electrons. The van der Waals surface area contributed by atoms with Gasteiger partial charge in [0.05, 0.1) is 0 Å². The molecule has 0 amide bonds. The lowest BCUT2D eigenvalue weighted by Gasteiger charge is -2.24. The third-order valence-corrected chi connectivity index (χ3v) is 2.81. The zero-order chi connectivity index (χ0) is 12.7. The fourth-order valence-corrected chi connectivity index (χ4v) is 1.90. The molecule has 0 aliphatic rings. The Hall–Kier alpha value is -0.990. The Morgan fingerprint density at radius 2 is 2.29 bits per heavy atom. The van der Waals surface area contributed by atoms with E-state index in [1.54, 1.807) is 0 Å². The highest BCUT2D eigenvalue weighted by molar-refractivity contribution is 6.30. The molecular formula is C14H20ClNO. The molecule has 2 unspecified atom stereocenters. The van der Waals surface area contributed by atoms with E-state index in [2.05, 4.69) is 25.7 Å². The van der Waals surface area contributed by atoms with Crippen LogP contribution in [0.3, 0.4) is 0 Å². The van der Waals surface area contributed by atoms with Crippen molar-refractivity contribution >= 4 is 11.6 Å². The number of rotatable bonds is 7. The van der Waals surface area contributed by atoms with Crippen molar-refractivity contribution in [3.05, 3.63) is 41.9 Å². The Morgan fingerprint density at radius 1 is 1.53 bits per heavy atom. The maximum Gasteiger partial charge on any atom is 0.121 e. The topological polar surface area (TPSA) is 21.3 Å². The molecule has 2 nitrogen and oxygen atoms in total. The first-order valence-corrected chi connectivity index (χ1v) is 6.31. The second-order valence-electron chi connectivity index (χ2n) is 3.97. The van der Waals surface area contributed by atoms with E-state index in [9.17, 15) is 0 Å². The third kappa shape index (κ3) is 4.80. The zero-order valence-electron chi connectivity index (χ0n) is 10.4. The molecule has 0 aromatic heterocycles. The minimum Gasteiger partial charge on any atom is -0.489 e. The van der Waals surface area contributed by atoms with Crippen molar-refractivity contribution < 1.29 is 4.74 Å². The maximum absolute atomic E-state index is 5.92. The lowest BCUT2D eigenvalue weighted by molar-refractivity contribution is 0.172. The van der Waals surface area contributed by atoms with E-state index in [0.29, 0.717) is 5.02 Å². The third-order valence-electron chi connectivity index (χ3n) is 2.57. The molecule has 1 N–H and O–H groups in total. The van der Waals surface area contributed by atoms with Crippen LogP contribution in [0, 0.1) is 0 Å². The predicted octanol–water partition coefficient (Wildman–Crippen LogP) is 3.66. The SMILES string of the molecule is C=CCC(NCC)C(C)Oc1cccc(Cl)c1. The smallest absolute Gasteiger partial charge is 0.121 e. The summed E-state index contributed by atoms with van der Waals surface area (Å²) in [7, 11) is 0. The van der Waals surface area contributed by atoms with E-state index in [-0.39, 0.29) is 12.1 Å². The van der Waals surface area contributed by atoms with Crippen LogP contribution < -0.4 is 10.1 Å². The van der Waals surface area contributed by atoms with Gasteiger partial charge in [-0.3, -0.25) is 0 Å². The summed E-state index contributed by atoms with van der Waals surface area (Å²) in [5.74, 6) is 0.803. The second-order valence-corrected chi connectivity index (χ2v) is 4.41. The molecule has 2 atom stereocenters. The van der Waals surface area contributed by atoms with Crippen LogP contribution in [0.5, 0.6) is 5.75 Å². The molecular weight excluding hydrogens is 234 g/mol. The van der Waals surface area contributed by atoms with E-state index in [1.165, 1.54) is 0 Å². The molecule has 0 saturated heterocycles. The number of hydrogen-bond donors (Lipinski definition) is 1. The van der Waals surface area contributed by atoms with E-state index < -0.39 is 0 Å². The molecule has 0 radical (unpaired) electrons. The van der Waals surface area contributed by atoms with Crippen LogP contribution in [-0.4, -0.2) is 18.7 Å². The maximum atomic E-state index is 5.92. The molecule has 0 fully saturated rings. The van der Waals surface area contributed by atoms with Gasteiger partial charge in [-0.05, 0) is 38.1 Å². The number of halogens is 1. The van der Waals surface area contributed by atoms with Gasteiger partial charge >= 0.3 is 0 Å². The Balaban J connectivity index is 2.62. The lowest BCUT2D eigenvalue weighted by Crippen LogP contribution is -2.40. The Labute approximate surface area is 109 Å². The van der Waals surface area contributed by atoms with Crippen molar-refractivity contribution in [2.24, 2.45) is 0 Å². The summed E-state index contributed by atoms with van der Waals surface area (Å²) in [6, 6.07) is 7.75. The van der Waals surface area contributed by atoms with Crippen LogP contribution in [-0.2, 0) is 0 Å². The highest BCUT2D eigenvalue weighted by Crippen LogP contribution is 2.19. The first-order valence-electron chi connectivity index (χ1n) is 5.93. The van der Waals surface area contributed by atoms with Crippen LogP contribution in [0.2, 0.25) is 5.02 Å². The molecule has 17 heavy (non-hydrogen) atoms. The number of benzene rings is 1. The van der Waals surface area contributed by atoms with Gasteiger partial charge in [-0.2, -0.15) is 0 Å². The minimum atomic E-state index is 0.0754. The lowest BCUT2D eigenvalue weighted by atomic mass is 10.1. The van der Waals surface area contributed by atoms with Crippen molar-refractivity contribution in [1.29, 1.82) is 0 Å². The first kappa shape index (κ1) is 14.1. The second kappa shape index (κ2) is 7.36. The van der Waals surface area contributed by atoms with Crippen LogP contribution >= 0.6 is 11.6 Å². The van der Waals surface area contributed by atoms with Gasteiger partial charge in [0, 0.05) is 11.1 Å². The van der Waals surface area contributed by atoms with Crippen LogP contribution in [0.4, 0.5) is 0 Å². The van der Waals surface area contributed by atoms with Crippen molar-refractivity contribution in [2.75, 3.05) is 6.54 Å². The van der Waals surface area contributed by atoms with Gasteiger partial charge in [0.2, 0.25) is 0 Å². The van der Waals surface area contributed by atoms with Crippen molar-refractivity contribution in [1.82, 2.24) is 5.32 Å². The number of nitrogens with one attached hydrogen (secondary N) is 1. The Morgan fingerprint density at radius 3 is 2.88 bits per heavy atom. The van der Waals surface area contributed by atoms with Crippen LogP contribution in [0.15, 0.2) is 36.9 Å². The van der Waals surface area contributed by atoms with E-state index >= 15 is 0 Å². The molecule has 0 bridgehead atoms. The molecule has 1 rings (SSSR count). The number of likely N-dealkylation sites (N-methyl/N-ethyl adjacent to an activating group) is 1. The van der Waals surface area contributed by atoms with Gasteiger partial charge in [-0.15, -0.1) is 6.58 Å². The summed E-state index contributed by atoms with van der Waals surface area (Å²) in [6.07, 6.45) is 2.87. The molecule has 1 aromatic carbocycles. The van der Waals surface area contributed by atoms with Gasteiger partial charge in [0.15, 0.2) is 0 Å². The quantitative estimate of drug-likeness (QED) is 0.749. The standard InChI is InChI=1S/C14H20ClNO/c1-4-7-14(16-5-2)11(3)17-13-9-6-8-12(15)10-13/h4,6,8-11,14,16H,1,5,7H2,2-3H3. The molecule has 0 aliphatic carbocycles. The highest BCUT2D eigenvalue weighted by Gasteiger charge is 2.16. The number of ether oxygens (including phenoxy) is 1. The summed E-state index contributed by atoms with van der Waals surface area (Å²) in [5, 5.41) is 4.08. The monoisotopic (exact) mass is 253 g/mol. The van der Waals surface area contributed by atoms with E-state index in [4.69, 9.17) is 16.3 Å². The molecule has 1 aromatic rings. The average molecular weight is 254 g/mol. The molecule has 0 saturated carbocycles. The van der Waals surface area contributed by atoms with Gasteiger partial charge in [0.1, 0.15) is 11.9 Å². The Bertz CT molecular complexity index is 354. The van der Waals surface area contributed by atoms with Crippen molar-refractivity contribution in [3.8, 4) is 5.75 Å². The minimum absolute atomic E-state index is 0.0754. The first-order chi connectivity index (χ1) is 8.17. The molecule has 0 spiro atoms. The van der Waals surface area contributed by atoms with Crippen LogP contribution in [0.1, 0.15) is 20.3 Å². The normalized spacial score (nSPS) is 14.1. The largest absolute Gasteiger partial charge is 0.489 e. The fraction of sp³-hybridized carbons (Fsp3) is 0.429. The Kier molecular flexibility index (Phi) is 6.09. The fourth-order valence-electron chi connectivity index (χ4n) is 1.72. The van der Waals surface area contributed by atoms with Crippen molar-refractivity contribution in [2.45, 2.75) is 32.4 Å². The summed E-state index contributed by atoms with van der Waals surface area (Å²) < 4.78 is 5.87. The van der Waals surface area contributed by atoms with E-state index in [0.717, 1.165) is 18.7 Å². The van der Waals surface area contributed by atoms with Crippen molar-refractivity contribution in [3.63, 3.8) is 0 Å². The summed E-state index contributed by atoms with van der Waals surface area (Å²) >= 11 is 5.92. The molecule has 0 heterocycles. The van der Waals surface area contributed by atoms with Gasteiger partial charge in [-0.1, -0.05) is 30.7 Å². The predicted molar refractivity (Wildman–Crippen MR) is 73.8 cm³/mol. The van der Waals surface area contributed by atoms with Crippen LogP contribution in [0.25, 0.3) is 0 Å². The van der Waals surface area contributed by atoms with E-state index in [1.807, 2.05) is 30.3 Å². The zero-order valence-corrected chi connectivity index (χ0v) is 11.2. The highest BCUT2D eigenvalue weighted by atomic mass is 35.5. The summed E-state index contributed by atoms with van der Waals surface area (Å²) in [4.78, 5) is 0. The summed E-state index contributed by atoms with van der Waals surface area (Å²) in [5.41, 5.74) is 0. The van der Waals surface area contributed by atoms with Gasteiger partial charge < -0.3 is 10.1 Å². The van der Waals surface area contributed by atoms with Gasteiger partial charge in [0.25, 0.3) is 0 Å². The number of hydrogen-bond acceptors (Lipinski definition) is 2. The molecule has 0 aliphatic heterocycles.